The highest BCUT2D eigenvalue weighted by Gasteiger charge is 2.43. The van der Waals surface area contributed by atoms with Crippen LogP contribution in [0, 0.1) is 22.0 Å². The average Bonchev–Trinajstić information content (AvgIpc) is 3.01. The van der Waals surface area contributed by atoms with Crippen molar-refractivity contribution in [3.05, 3.63) is 100 Å². The Kier molecular flexibility index (Phi) is 8.19. The van der Waals surface area contributed by atoms with Gasteiger partial charge in [-0.15, -0.1) is 0 Å². The molecule has 3 aliphatic rings. The van der Waals surface area contributed by atoms with Crippen molar-refractivity contribution in [2.45, 2.75) is 31.7 Å². The van der Waals surface area contributed by atoms with E-state index in [-0.39, 0.29) is 28.5 Å². The number of nitrogens with zero attached hydrogens (tertiary/aromatic N) is 4. The number of piperidine rings is 1. The van der Waals surface area contributed by atoms with Gasteiger partial charge in [0.2, 0.25) is 5.91 Å². The van der Waals surface area contributed by atoms with E-state index in [0.717, 1.165) is 75.5 Å². The molecule has 0 N–H and O–H groups in total. The molecule has 1 amide bonds. The highest BCUT2D eigenvalue weighted by Crippen LogP contribution is 2.39. The normalized spacial score (nSPS) is 21.2. The summed E-state index contributed by atoms with van der Waals surface area (Å²) in [4.78, 5) is 32.1. The van der Waals surface area contributed by atoms with Crippen LogP contribution in [-0.2, 0) is 17.6 Å². The van der Waals surface area contributed by atoms with E-state index in [1.165, 1.54) is 5.56 Å². The Morgan fingerprint density at radius 2 is 1.66 bits per heavy atom. The third kappa shape index (κ3) is 6.22. The molecule has 3 aromatic rings. The Labute approximate surface area is 241 Å². The molecule has 0 bridgehead atoms. The number of para-hydroxylation sites is 1. The van der Waals surface area contributed by atoms with Gasteiger partial charge >= 0.3 is 0 Å². The van der Waals surface area contributed by atoms with E-state index in [2.05, 4.69) is 39.0 Å². The number of rotatable bonds is 8. The maximum absolute atomic E-state index is 14.1. The Hall–Kier alpha value is -3.91. The number of likely N-dealkylation sites (tertiary alicyclic amines) is 1. The number of carbonyl (C=O) groups is 1. The summed E-state index contributed by atoms with van der Waals surface area (Å²) < 4.78 is 5.96. The van der Waals surface area contributed by atoms with Gasteiger partial charge < -0.3 is 14.5 Å². The second kappa shape index (κ2) is 12.3. The monoisotopic (exact) mass is 554 g/mol. The first-order valence-electron chi connectivity index (χ1n) is 14.8. The van der Waals surface area contributed by atoms with E-state index in [1.807, 2.05) is 42.5 Å². The maximum atomic E-state index is 14.1. The lowest BCUT2D eigenvalue weighted by Crippen LogP contribution is -2.62. The minimum atomic E-state index is -0.342. The van der Waals surface area contributed by atoms with Crippen LogP contribution in [0.4, 0.5) is 11.4 Å². The van der Waals surface area contributed by atoms with E-state index in [1.54, 1.807) is 12.1 Å². The summed E-state index contributed by atoms with van der Waals surface area (Å²) >= 11 is 0. The molecule has 2 atom stereocenters. The minimum absolute atomic E-state index is 0.0315. The molecule has 2 saturated heterocycles. The molecule has 0 radical (unpaired) electrons. The quantitative estimate of drug-likeness (QED) is 0.294. The topological polar surface area (TPSA) is 79.2 Å². The summed E-state index contributed by atoms with van der Waals surface area (Å²) in [7, 11) is 0. The van der Waals surface area contributed by atoms with Gasteiger partial charge in [0.1, 0.15) is 12.4 Å². The van der Waals surface area contributed by atoms with Gasteiger partial charge in [-0.2, -0.15) is 0 Å². The van der Waals surface area contributed by atoms with Crippen molar-refractivity contribution in [2.75, 3.05) is 50.8 Å². The molecule has 6 rings (SSSR count). The van der Waals surface area contributed by atoms with Crippen molar-refractivity contribution in [3.8, 4) is 5.75 Å². The molecule has 2 unspecified atom stereocenters. The summed E-state index contributed by atoms with van der Waals surface area (Å²) in [5.41, 5.74) is 3.39. The van der Waals surface area contributed by atoms with Gasteiger partial charge in [0.15, 0.2) is 0 Å². The second-order valence-corrected chi connectivity index (χ2v) is 11.6. The van der Waals surface area contributed by atoms with Gasteiger partial charge in [0.05, 0.1) is 16.9 Å². The molecule has 3 aromatic carbocycles. The Morgan fingerprint density at radius 1 is 0.927 bits per heavy atom. The third-order valence-electron chi connectivity index (χ3n) is 9.02. The van der Waals surface area contributed by atoms with Gasteiger partial charge in [0, 0.05) is 57.1 Å². The van der Waals surface area contributed by atoms with E-state index in [4.69, 9.17) is 4.74 Å². The summed E-state index contributed by atoms with van der Waals surface area (Å²) in [6, 6.07) is 25.6. The van der Waals surface area contributed by atoms with E-state index in [9.17, 15) is 14.9 Å². The molecule has 8 nitrogen and oxygen atoms in total. The molecule has 3 aliphatic heterocycles. The van der Waals surface area contributed by atoms with Gasteiger partial charge in [-0.1, -0.05) is 48.5 Å². The summed E-state index contributed by atoms with van der Waals surface area (Å²) in [5, 5.41) is 11.5. The first-order chi connectivity index (χ1) is 20.0. The van der Waals surface area contributed by atoms with Crippen LogP contribution >= 0.6 is 0 Å². The van der Waals surface area contributed by atoms with Crippen LogP contribution in [0.15, 0.2) is 78.9 Å². The van der Waals surface area contributed by atoms with Crippen LogP contribution in [0.25, 0.3) is 0 Å². The van der Waals surface area contributed by atoms with Crippen molar-refractivity contribution in [1.82, 2.24) is 9.80 Å². The molecule has 41 heavy (non-hydrogen) atoms. The van der Waals surface area contributed by atoms with Crippen molar-refractivity contribution in [3.63, 3.8) is 0 Å². The highest BCUT2D eigenvalue weighted by atomic mass is 16.6. The van der Waals surface area contributed by atoms with E-state index < -0.39 is 0 Å². The number of ether oxygens (including phenoxy) is 1. The number of nitro benzene ring substituents is 1. The van der Waals surface area contributed by atoms with Gasteiger partial charge in [0.25, 0.3) is 5.69 Å². The van der Waals surface area contributed by atoms with Crippen LogP contribution in [0.2, 0.25) is 0 Å². The number of benzene rings is 3. The number of nitro groups is 1. The summed E-state index contributed by atoms with van der Waals surface area (Å²) in [5.74, 6) is 1.41. The van der Waals surface area contributed by atoms with Crippen LogP contribution in [0.5, 0.6) is 5.75 Å². The predicted octanol–water partition coefficient (Wildman–Crippen LogP) is 4.82. The summed E-state index contributed by atoms with van der Waals surface area (Å²) in [6.45, 7) is 5.34. The molecule has 0 spiro atoms. The fourth-order valence-electron chi connectivity index (χ4n) is 6.82. The lowest BCUT2D eigenvalue weighted by atomic mass is 9.82. The van der Waals surface area contributed by atoms with Gasteiger partial charge in [-0.3, -0.25) is 19.8 Å². The highest BCUT2D eigenvalue weighted by molar-refractivity contribution is 5.82. The van der Waals surface area contributed by atoms with Crippen molar-refractivity contribution >= 4 is 17.3 Å². The zero-order valence-electron chi connectivity index (χ0n) is 23.4. The second-order valence-electron chi connectivity index (χ2n) is 11.6. The number of amides is 1. The molecule has 0 saturated carbocycles. The Morgan fingerprint density at radius 3 is 2.39 bits per heavy atom. The fraction of sp³-hybridized carbons (Fsp3) is 0.424. The zero-order chi connectivity index (χ0) is 28.2. The molecule has 0 aromatic heterocycles. The standard InChI is InChI=1S/C33H38N4O4/c38-33(35-15-13-26(14-16-35)21-25-7-3-1-4-8-25)30-23-27-22-28(37(39)40)11-12-31(27)36-18-17-34(24-32(30)36)19-20-41-29-9-5-2-6-10-29/h1-12,22,26,30,32H,13-21,23-24H2. The number of piperazine rings is 1. The molecule has 8 heteroatoms. The number of fused-ring (bicyclic) bond motifs is 3. The number of non-ortho nitro benzene ring substituents is 1. The van der Waals surface area contributed by atoms with Crippen LogP contribution in [0.1, 0.15) is 24.0 Å². The smallest absolute Gasteiger partial charge is 0.269 e. The first-order valence-corrected chi connectivity index (χ1v) is 14.8. The minimum Gasteiger partial charge on any atom is -0.492 e. The van der Waals surface area contributed by atoms with Crippen LogP contribution < -0.4 is 9.64 Å². The number of hydrogen-bond acceptors (Lipinski definition) is 6. The van der Waals surface area contributed by atoms with Crippen LogP contribution in [0.3, 0.4) is 0 Å². The molecular weight excluding hydrogens is 516 g/mol. The third-order valence-corrected chi connectivity index (χ3v) is 9.02. The number of anilines is 1. The molecule has 3 heterocycles. The van der Waals surface area contributed by atoms with E-state index >= 15 is 0 Å². The number of carbonyl (C=O) groups excluding carboxylic acids is 1. The first kappa shape index (κ1) is 27.3. The molecular formula is C33H38N4O4. The largest absolute Gasteiger partial charge is 0.492 e. The molecule has 214 valence electrons. The molecule has 0 aliphatic carbocycles. The Bertz CT molecular complexity index is 1340. The lowest BCUT2D eigenvalue weighted by molar-refractivity contribution is -0.384. The number of hydrogen-bond donors (Lipinski definition) is 0. The Balaban J connectivity index is 1.15. The predicted molar refractivity (Wildman–Crippen MR) is 159 cm³/mol. The fourth-order valence-corrected chi connectivity index (χ4v) is 6.82. The molecule has 2 fully saturated rings. The van der Waals surface area contributed by atoms with Crippen LogP contribution in [-0.4, -0.2) is 72.5 Å². The average molecular weight is 555 g/mol. The van der Waals surface area contributed by atoms with Crippen molar-refractivity contribution in [2.24, 2.45) is 11.8 Å². The zero-order valence-corrected chi connectivity index (χ0v) is 23.4. The maximum Gasteiger partial charge on any atom is 0.269 e. The van der Waals surface area contributed by atoms with E-state index in [0.29, 0.717) is 18.9 Å². The van der Waals surface area contributed by atoms with Gasteiger partial charge in [-0.05, 0) is 60.9 Å². The van der Waals surface area contributed by atoms with Gasteiger partial charge in [-0.25, -0.2) is 0 Å². The summed E-state index contributed by atoms with van der Waals surface area (Å²) in [6.07, 6.45) is 3.61. The lowest BCUT2D eigenvalue weighted by Gasteiger charge is -2.50. The van der Waals surface area contributed by atoms with Crippen molar-refractivity contribution in [1.29, 1.82) is 0 Å². The van der Waals surface area contributed by atoms with Crippen molar-refractivity contribution < 1.29 is 14.5 Å². The SMILES string of the molecule is O=C(C1Cc2cc([N+](=O)[O-])ccc2N2CCN(CCOc3ccccc3)CC12)N1CCC(Cc2ccccc2)CC1.